The Morgan fingerprint density at radius 3 is 2.10 bits per heavy atom. The molecule has 0 radical (unpaired) electrons. The summed E-state index contributed by atoms with van der Waals surface area (Å²) in [6.45, 7) is 8.63. The molecule has 1 aromatic heterocycles. The zero-order chi connectivity index (χ0) is 15.6. The SMILES string of the molecule is CNC(c1ccc(C(C)C)cc1)c1c(Cl)cnn1C(C)C. The first-order chi connectivity index (χ1) is 9.95. The van der Waals surface area contributed by atoms with Gasteiger partial charge in [0.1, 0.15) is 0 Å². The number of hydrogen-bond donors (Lipinski definition) is 1. The van der Waals surface area contributed by atoms with Crippen molar-refractivity contribution in [3.8, 4) is 0 Å². The summed E-state index contributed by atoms with van der Waals surface area (Å²) >= 11 is 6.37. The first-order valence-corrected chi connectivity index (χ1v) is 7.83. The summed E-state index contributed by atoms with van der Waals surface area (Å²) in [6, 6.07) is 9.04. The van der Waals surface area contributed by atoms with E-state index in [4.69, 9.17) is 11.6 Å². The molecule has 0 aliphatic heterocycles. The number of aromatic nitrogens is 2. The molecule has 1 N–H and O–H groups in total. The molecule has 3 nitrogen and oxygen atoms in total. The number of nitrogens with one attached hydrogen (secondary N) is 1. The van der Waals surface area contributed by atoms with Crippen molar-refractivity contribution in [2.75, 3.05) is 7.05 Å². The van der Waals surface area contributed by atoms with Crippen LogP contribution in [0.25, 0.3) is 0 Å². The highest BCUT2D eigenvalue weighted by atomic mass is 35.5. The minimum absolute atomic E-state index is 0.0450. The molecule has 0 bridgehead atoms. The highest BCUT2D eigenvalue weighted by molar-refractivity contribution is 6.31. The van der Waals surface area contributed by atoms with E-state index in [9.17, 15) is 0 Å². The maximum atomic E-state index is 6.37. The Kier molecular flexibility index (Phi) is 5.07. The Labute approximate surface area is 132 Å². The predicted molar refractivity (Wildman–Crippen MR) is 89.1 cm³/mol. The topological polar surface area (TPSA) is 29.9 Å². The van der Waals surface area contributed by atoms with Crippen molar-refractivity contribution in [1.29, 1.82) is 0 Å². The highest BCUT2D eigenvalue weighted by Gasteiger charge is 2.22. The number of benzene rings is 1. The summed E-state index contributed by atoms with van der Waals surface area (Å²) in [5.41, 5.74) is 3.56. The van der Waals surface area contributed by atoms with E-state index in [0.717, 1.165) is 5.69 Å². The Hall–Kier alpha value is -1.32. The van der Waals surface area contributed by atoms with Gasteiger partial charge in [-0.3, -0.25) is 4.68 Å². The van der Waals surface area contributed by atoms with Gasteiger partial charge in [-0.1, -0.05) is 49.7 Å². The van der Waals surface area contributed by atoms with Crippen molar-refractivity contribution in [2.45, 2.75) is 45.7 Å². The molecule has 0 amide bonds. The van der Waals surface area contributed by atoms with Crippen molar-refractivity contribution in [3.05, 3.63) is 52.3 Å². The fourth-order valence-corrected chi connectivity index (χ4v) is 2.81. The van der Waals surface area contributed by atoms with Gasteiger partial charge in [-0.15, -0.1) is 0 Å². The fraction of sp³-hybridized carbons (Fsp3) is 0.471. The monoisotopic (exact) mass is 305 g/mol. The van der Waals surface area contributed by atoms with Gasteiger partial charge in [0, 0.05) is 6.04 Å². The van der Waals surface area contributed by atoms with Crippen molar-refractivity contribution in [2.24, 2.45) is 0 Å². The zero-order valence-corrected chi connectivity index (χ0v) is 14.1. The summed E-state index contributed by atoms with van der Waals surface area (Å²) in [5, 5.41) is 8.46. The van der Waals surface area contributed by atoms with E-state index in [2.05, 4.69) is 62.4 Å². The summed E-state index contributed by atoms with van der Waals surface area (Å²) in [5.74, 6) is 0.539. The van der Waals surface area contributed by atoms with Crippen LogP contribution in [0.15, 0.2) is 30.5 Å². The van der Waals surface area contributed by atoms with Crippen LogP contribution in [0.1, 0.15) is 62.5 Å². The average molecular weight is 306 g/mol. The maximum absolute atomic E-state index is 6.37. The first-order valence-electron chi connectivity index (χ1n) is 7.45. The summed E-state index contributed by atoms with van der Waals surface area (Å²) < 4.78 is 1.99. The van der Waals surface area contributed by atoms with Crippen molar-refractivity contribution in [1.82, 2.24) is 15.1 Å². The smallest absolute Gasteiger partial charge is 0.0837 e. The Balaban J connectivity index is 2.42. The van der Waals surface area contributed by atoms with E-state index in [1.54, 1.807) is 6.20 Å². The molecule has 1 atom stereocenters. The molecule has 0 saturated carbocycles. The summed E-state index contributed by atoms with van der Waals surface area (Å²) in [4.78, 5) is 0. The van der Waals surface area contributed by atoms with Crippen LogP contribution in [-0.2, 0) is 0 Å². The van der Waals surface area contributed by atoms with Gasteiger partial charge in [-0.25, -0.2) is 0 Å². The first kappa shape index (κ1) is 16.1. The maximum Gasteiger partial charge on any atom is 0.0837 e. The van der Waals surface area contributed by atoms with Crippen LogP contribution in [0.2, 0.25) is 5.02 Å². The van der Waals surface area contributed by atoms with Gasteiger partial charge in [-0.2, -0.15) is 5.10 Å². The minimum Gasteiger partial charge on any atom is -0.308 e. The summed E-state index contributed by atoms with van der Waals surface area (Å²) in [7, 11) is 1.95. The average Bonchev–Trinajstić information content (AvgIpc) is 2.83. The molecule has 21 heavy (non-hydrogen) atoms. The molecule has 0 fully saturated rings. The predicted octanol–water partition coefficient (Wildman–Crippen LogP) is 4.55. The number of hydrogen-bond acceptors (Lipinski definition) is 2. The van der Waals surface area contributed by atoms with E-state index in [0.29, 0.717) is 10.9 Å². The van der Waals surface area contributed by atoms with Crippen molar-refractivity contribution in [3.63, 3.8) is 0 Å². The second kappa shape index (κ2) is 6.63. The molecule has 1 unspecified atom stereocenters. The lowest BCUT2D eigenvalue weighted by molar-refractivity contribution is 0.484. The third-order valence-electron chi connectivity index (χ3n) is 3.77. The van der Waals surface area contributed by atoms with Gasteiger partial charge in [0.2, 0.25) is 0 Å². The van der Waals surface area contributed by atoms with Gasteiger partial charge < -0.3 is 5.32 Å². The third-order valence-corrected chi connectivity index (χ3v) is 4.07. The number of rotatable bonds is 5. The molecular weight excluding hydrogens is 282 g/mol. The lowest BCUT2D eigenvalue weighted by Crippen LogP contribution is -2.22. The molecule has 114 valence electrons. The highest BCUT2D eigenvalue weighted by Crippen LogP contribution is 2.30. The Morgan fingerprint density at radius 2 is 1.62 bits per heavy atom. The number of halogens is 1. The van der Waals surface area contributed by atoms with Crippen LogP contribution >= 0.6 is 11.6 Å². The van der Waals surface area contributed by atoms with E-state index >= 15 is 0 Å². The van der Waals surface area contributed by atoms with Crippen molar-refractivity contribution < 1.29 is 0 Å². The number of nitrogens with zero attached hydrogens (tertiary/aromatic N) is 2. The van der Waals surface area contributed by atoms with Gasteiger partial charge in [0.05, 0.1) is 23.0 Å². The lowest BCUT2D eigenvalue weighted by atomic mass is 9.97. The van der Waals surface area contributed by atoms with Crippen LogP contribution in [-0.4, -0.2) is 16.8 Å². The minimum atomic E-state index is 0.0450. The second-order valence-corrected chi connectivity index (χ2v) is 6.37. The Bertz CT molecular complexity index is 585. The van der Waals surface area contributed by atoms with Crippen LogP contribution in [0.3, 0.4) is 0 Å². The molecule has 1 heterocycles. The molecule has 4 heteroatoms. The van der Waals surface area contributed by atoms with Gasteiger partial charge in [0.15, 0.2) is 0 Å². The van der Waals surface area contributed by atoms with E-state index in [1.807, 2.05) is 11.7 Å². The van der Waals surface area contributed by atoms with Crippen LogP contribution < -0.4 is 5.32 Å². The molecular formula is C17H24ClN3. The summed E-state index contributed by atoms with van der Waals surface area (Å²) in [6.07, 6.45) is 1.73. The van der Waals surface area contributed by atoms with Crippen LogP contribution in [0.5, 0.6) is 0 Å². The Morgan fingerprint density at radius 1 is 1.05 bits per heavy atom. The normalized spacial score (nSPS) is 13.1. The quantitative estimate of drug-likeness (QED) is 0.878. The largest absolute Gasteiger partial charge is 0.308 e. The molecule has 1 aromatic carbocycles. The third kappa shape index (κ3) is 3.30. The van der Waals surface area contributed by atoms with Gasteiger partial charge in [-0.05, 0) is 37.9 Å². The van der Waals surface area contributed by atoms with Crippen molar-refractivity contribution >= 4 is 11.6 Å². The van der Waals surface area contributed by atoms with Crippen LogP contribution in [0, 0.1) is 0 Å². The van der Waals surface area contributed by atoms with Gasteiger partial charge in [0.25, 0.3) is 0 Å². The molecule has 0 aliphatic rings. The lowest BCUT2D eigenvalue weighted by Gasteiger charge is -2.21. The molecule has 2 rings (SSSR count). The van der Waals surface area contributed by atoms with E-state index < -0.39 is 0 Å². The standard InChI is InChI=1S/C17H24ClN3/c1-11(2)13-6-8-14(9-7-13)16(19-5)17-15(18)10-20-21(17)12(3)4/h6-12,16,19H,1-5H3. The zero-order valence-electron chi connectivity index (χ0n) is 13.4. The molecule has 0 saturated heterocycles. The fourth-order valence-electron chi connectivity index (χ4n) is 2.57. The molecule has 2 aromatic rings. The van der Waals surface area contributed by atoms with E-state index in [1.165, 1.54) is 11.1 Å². The van der Waals surface area contributed by atoms with Gasteiger partial charge >= 0.3 is 0 Å². The molecule has 0 aliphatic carbocycles. The van der Waals surface area contributed by atoms with E-state index in [-0.39, 0.29) is 12.1 Å². The van der Waals surface area contributed by atoms with Crippen LogP contribution in [0.4, 0.5) is 0 Å². The second-order valence-electron chi connectivity index (χ2n) is 5.96. The molecule has 0 spiro atoms.